The van der Waals surface area contributed by atoms with Crippen LogP contribution >= 0.6 is 11.6 Å². The lowest BCUT2D eigenvalue weighted by Gasteiger charge is -2.29. The SMILES string of the molecule is CC(=N)c1ccc(C=O)cc1NCCCCCCCC#Cc1ccc(F)c2c1CN(C1CCC(=O)NC1=O)C2=O.CNc1cc2[nH]c(C3CCCN3C)c(Cl)c2cn1. The fourth-order valence-corrected chi connectivity index (χ4v) is 8.15. The van der Waals surface area contributed by atoms with E-state index < -0.39 is 23.7 Å². The largest absolute Gasteiger partial charge is 0.384 e. The lowest BCUT2D eigenvalue weighted by atomic mass is 10.0. The van der Waals surface area contributed by atoms with Gasteiger partial charge in [0.15, 0.2) is 0 Å². The number of aromatic nitrogens is 2. The number of amides is 3. The Morgan fingerprint density at radius 3 is 2.60 bits per heavy atom. The highest BCUT2D eigenvalue weighted by molar-refractivity contribution is 6.36. The van der Waals surface area contributed by atoms with E-state index in [2.05, 4.69) is 49.7 Å². The van der Waals surface area contributed by atoms with Crippen molar-refractivity contribution < 1.29 is 23.6 Å². The number of rotatable bonds is 13. The van der Waals surface area contributed by atoms with Crippen molar-refractivity contribution in [3.05, 3.63) is 86.9 Å². The average molecular weight is 809 g/mol. The molecule has 12 nitrogen and oxygen atoms in total. The lowest BCUT2D eigenvalue weighted by Crippen LogP contribution is -2.52. The van der Waals surface area contributed by atoms with E-state index in [1.54, 1.807) is 31.2 Å². The molecule has 0 spiro atoms. The van der Waals surface area contributed by atoms with Gasteiger partial charge in [-0.15, -0.1) is 0 Å². The van der Waals surface area contributed by atoms with Crippen LogP contribution in [0, 0.1) is 23.1 Å². The van der Waals surface area contributed by atoms with Crippen LogP contribution in [0.1, 0.15) is 120 Å². The van der Waals surface area contributed by atoms with Gasteiger partial charge in [-0.2, -0.15) is 0 Å². The van der Waals surface area contributed by atoms with Crippen molar-refractivity contribution in [3.63, 3.8) is 0 Å². The monoisotopic (exact) mass is 808 g/mol. The summed E-state index contributed by atoms with van der Waals surface area (Å²) in [6.45, 7) is 3.71. The summed E-state index contributed by atoms with van der Waals surface area (Å²) in [6, 6.07) is 9.71. The van der Waals surface area contributed by atoms with Crippen molar-refractivity contribution in [2.75, 3.05) is 37.8 Å². The third-order valence-electron chi connectivity index (χ3n) is 11.0. The van der Waals surface area contributed by atoms with Gasteiger partial charge in [0.2, 0.25) is 11.8 Å². The van der Waals surface area contributed by atoms with Gasteiger partial charge in [-0.25, -0.2) is 9.37 Å². The zero-order chi connectivity index (χ0) is 41.3. The second-order valence-corrected chi connectivity index (χ2v) is 15.4. The molecule has 58 heavy (non-hydrogen) atoms. The number of carbonyl (C=O) groups excluding carboxylic acids is 4. The van der Waals surface area contributed by atoms with Gasteiger partial charge in [0, 0.05) is 84.3 Å². The van der Waals surface area contributed by atoms with Crippen LogP contribution in [0.25, 0.3) is 10.9 Å². The topological polar surface area (TPSA) is 163 Å². The normalized spacial score (nSPS) is 17.6. The number of hydrogen-bond donors (Lipinski definition) is 5. The van der Waals surface area contributed by atoms with E-state index >= 15 is 0 Å². The van der Waals surface area contributed by atoms with Crippen molar-refractivity contribution in [1.29, 1.82) is 5.41 Å². The molecule has 304 valence electrons. The molecule has 2 atom stereocenters. The van der Waals surface area contributed by atoms with Gasteiger partial charge in [-0.05, 0) is 70.8 Å². The number of anilines is 2. The summed E-state index contributed by atoms with van der Waals surface area (Å²) >= 11 is 6.48. The molecule has 2 fully saturated rings. The minimum Gasteiger partial charge on any atom is -0.384 e. The summed E-state index contributed by atoms with van der Waals surface area (Å²) in [5.41, 5.74) is 5.86. The number of nitrogens with one attached hydrogen (secondary N) is 5. The summed E-state index contributed by atoms with van der Waals surface area (Å²) in [5.74, 6) is 5.01. The smallest absolute Gasteiger partial charge is 0.258 e. The van der Waals surface area contributed by atoms with Crippen molar-refractivity contribution in [2.45, 2.75) is 89.8 Å². The molecule has 7 rings (SSSR count). The predicted octanol–water partition coefficient (Wildman–Crippen LogP) is 7.62. The number of aromatic amines is 1. The number of aldehydes is 1. The molecule has 0 radical (unpaired) electrons. The van der Waals surface area contributed by atoms with Gasteiger partial charge in [0.25, 0.3) is 5.91 Å². The molecule has 0 saturated carbocycles. The number of fused-ring (bicyclic) bond motifs is 2. The Morgan fingerprint density at radius 1 is 1.09 bits per heavy atom. The number of imide groups is 1. The van der Waals surface area contributed by atoms with Crippen LogP contribution in [0.3, 0.4) is 0 Å². The van der Waals surface area contributed by atoms with Crippen molar-refractivity contribution >= 4 is 63.7 Å². The molecule has 2 unspecified atom stereocenters. The van der Waals surface area contributed by atoms with Crippen LogP contribution in [-0.2, 0) is 16.1 Å². The summed E-state index contributed by atoms with van der Waals surface area (Å²) in [7, 11) is 4.02. The number of benzene rings is 2. The van der Waals surface area contributed by atoms with E-state index in [0.29, 0.717) is 34.9 Å². The van der Waals surface area contributed by atoms with E-state index in [9.17, 15) is 23.6 Å². The first-order valence-corrected chi connectivity index (χ1v) is 20.3. The summed E-state index contributed by atoms with van der Waals surface area (Å²) in [4.78, 5) is 59.2. The second kappa shape index (κ2) is 19.2. The number of likely N-dealkylation sites (tertiary alicyclic amines) is 1. The zero-order valence-corrected chi connectivity index (χ0v) is 34.0. The summed E-state index contributed by atoms with van der Waals surface area (Å²) < 4.78 is 14.5. The maximum atomic E-state index is 14.5. The number of unbranched alkanes of at least 4 members (excludes halogenated alkanes) is 5. The molecule has 14 heteroatoms. The molecule has 3 amide bonds. The maximum Gasteiger partial charge on any atom is 0.258 e. The number of nitrogens with zero attached hydrogens (tertiary/aromatic N) is 3. The number of hydrogen-bond acceptors (Lipinski definition) is 9. The molecule has 2 aromatic heterocycles. The number of pyridine rings is 1. The van der Waals surface area contributed by atoms with Gasteiger partial charge in [0.1, 0.15) is 24.0 Å². The molecule has 0 aliphatic carbocycles. The fourth-order valence-electron chi connectivity index (χ4n) is 7.83. The average Bonchev–Trinajstić information content (AvgIpc) is 3.90. The van der Waals surface area contributed by atoms with Gasteiger partial charge in [0.05, 0.1) is 27.8 Å². The molecule has 2 saturated heterocycles. The Morgan fingerprint density at radius 2 is 1.88 bits per heavy atom. The molecule has 5 heterocycles. The third kappa shape index (κ3) is 9.57. The molecular weight excluding hydrogens is 759 g/mol. The molecule has 5 N–H and O–H groups in total. The van der Waals surface area contributed by atoms with Gasteiger partial charge >= 0.3 is 0 Å². The van der Waals surface area contributed by atoms with Crippen molar-refractivity contribution in [1.82, 2.24) is 25.1 Å². The molecule has 2 aromatic carbocycles. The predicted molar refractivity (Wildman–Crippen MR) is 225 cm³/mol. The molecule has 0 bridgehead atoms. The first-order valence-electron chi connectivity index (χ1n) is 19.9. The van der Waals surface area contributed by atoms with Crippen molar-refractivity contribution in [2.24, 2.45) is 0 Å². The maximum absolute atomic E-state index is 14.5. The Bertz CT molecular complexity index is 2280. The summed E-state index contributed by atoms with van der Waals surface area (Å²) in [5, 5.41) is 18.4. The van der Waals surface area contributed by atoms with Crippen molar-refractivity contribution in [3.8, 4) is 11.8 Å². The Kier molecular flexibility index (Phi) is 13.9. The summed E-state index contributed by atoms with van der Waals surface area (Å²) in [6.07, 6.45) is 11.1. The van der Waals surface area contributed by atoms with Crippen LogP contribution < -0.4 is 16.0 Å². The molecule has 3 aliphatic heterocycles. The Balaban J connectivity index is 0.000000260. The van der Waals surface area contributed by atoms with E-state index in [0.717, 1.165) is 96.6 Å². The van der Waals surface area contributed by atoms with Crippen LogP contribution in [0.5, 0.6) is 0 Å². The van der Waals surface area contributed by atoms with E-state index in [1.165, 1.54) is 17.4 Å². The third-order valence-corrected chi connectivity index (χ3v) is 11.4. The van der Waals surface area contributed by atoms with E-state index in [4.69, 9.17) is 17.0 Å². The zero-order valence-electron chi connectivity index (χ0n) is 33.2. The number of H-pyrrole nitrogens is 1. The van der Waals surface area contributed by atoms with Gasteiger partial charge in [-0.3, -0.25) is 29.4 Å². The number of carbonyl (C=O) groups is 4. The highest BCUT2D eigenvalue weighted by atomic mass is 35.5. The molecule has 3 aliphatic rings. The van der Waals surface area contributed by atoms with E-state index in [1.807, 2.05) is 19.3 Å². The first kappa shape index (κ1) is 42.0. The number of halogens is 2. The lowest BCUT2D eigenvalue weighted by molar-refractivity contribution is -0.136. The molecule has 4 aromatic rings. The Hall–Kier alpha value is -5.58. The van der Waals surface area contributed by atoms with Crippen LogP contribution in [0.2, 0.25) is 5.02 Å². The fraction of sp³-hybridized carbons (Fsp3) is 0.409. The van der Waals surface area contributed by atoms with Crippen LogP contribution in [-0.4, -0.2) is 82.7 Å². The quantitative estimate of drug-likeness (QED) is 0.0303. The number of piperidine rings is 1. The van der Waals surface area contributed by atoms with Gasteiger partial charge < -0.3 is 25.9 Å². The van der Waals surface area contributed by atoms with Gasteiger partial charge in [-0.1, -0.05) is 54.8 Å². The van der Waals surface area contributed by atoms with Crippen LogP contribution in [0.15, 0.2) is 42.6 Å². The standard InChI is InChI=1S/C31H33FN4O4.C13H17ClN4/c1-20(33)23-12-10-21(19-37)17-26(23)34-16-8-6-4-2-3-5-7-9-22-11-13-25(32)29-24(22)18-36(31(29)40)27-14-15-28(38)35-30(27)39;1-15-11-6-9-8(7-16-11)12(14)13(17-9)10-4-3-5-18(10)2/h10-13,17,19,27,33-34H,2-6,8,14-16,18H2,1H3,(H,35,38,39);6-7,10,17H,3-5H2,1-2H3,(H,15,16). The van der Waals surface area contributed by atoms with E-state index in [-0.39, 0.29) is 30.9 Å². The second-order valence-electron chi connectivity index (χ2n) is 15.0. The molecular formula is C44H50ClFN8O4. The highest BCUT2D eigenvalue weighted by Crippen LogP contribution is 2.38. The highest BCUT2D eigenvalue weighted by Gasteiger charge is 2.41. The minimum absolute atomic E-state index is 0.0362. The first-order chi connectivity index (χ1) is 28.0. The Labute approximate surface area is 343 Å². The van der Waals surface area contributed by atoms with Crippen LogP contribution in [0.4, 0.5) is 15.9 Å². The minimum atomic E-state index is -0.795.